The summed E-state index contributed by atoms with van der Waals surface area (Å²) >= 11 is 0. The van der Waals surface area contributed by atoms with Gasteiger partial charge in [-0.15, -0.1) is 0 Å². The number of morpholine rings is 1. The van der Waals surface area contributed by atoms with E-state index in [0.717, 1.165) is 37.6 Å². The van der Waals surface area contributed by atoms with Gasteiger partial charge in [-0.1, -0.05) is 5.16 Å². The molecule has 8 nitrogen and oxygen atoms in total. The normalized spacial score (nSPS) is 14.2. The van der Waals surface area contributed by atoms with Crippen LogP contribution in [0.5, 0.6) is 0 Å². The van der Waals surface area contributed by atoms with Crippen LogP contribution < -0.4 is 10.2 Å². The topological polar surface area (TPSA) is 93.4 Å². The molecule has 27 heavy (non-hydrogen) atoms. The lowest BCUT2D eigenvalue weighted by molar-refractivity contribution is 0.102. The minimum absolute atomic E-state index is 0.227. The summed E-state index contributed by atoms with van der Waals surface area (Å²) in [5.41, 5.74) is 2.31. The monoisotopic (exact) mass is 365 g/mol. The smallest absolute Gasteiger partial charge is 0.257 e. The summed E-state index contributed by atoms with van der Waals surface area (Å²) in [5.74, 6) is 1.28. The number of hydrogen-bond acceptors (Lipinski definition) is 7. The predicted molar refractivity (Wildman–Crippen MR) is 99.7 cm³/mol. The number of aryl methyl sites for hydroxylation is 1. The van der Waals surface area contributed by atoms with Crippen LogP contribution in [0, 0.1) is 6.92 Å². The summed E-state index contributed by atoms with van der Waals surface area (Å²) in [6, 6.07) is 10.7. The van der Waals surface area contributed by atoms with E-state index < -0.39 is 0 Å². The van der Waals surface area contributed by atoms with Crippen LogP contribution in [0.4, 0.5) is 11.5 Å². The summed E-state index contributed by atoms with van der Waals surface area (Å²) in [6.45, 7) is 4.89. The zero-order valence-electron chi connectivity index (χ0n) is 14.9. The minimum Gasteiger partial charge on any atom is -0.378 e. The molecule has 1 aromatic carbocycles. The molecule has 0 atom stereocenters. The Bertz CT molecular complexity index is 915. The van der Waals surface area contributed by atoms with Crippen LogP contribution in [0.3, 0.4) is 0 Å². The van der Waals surface area contributed by atoms with E-state index in [1.807, 2.05) is 6.07 Å². The number of rotatable bonds is 4. The highest BCUT2D eigenvalue weighted by Gasteiger charge is 2.13. The molecular weight excluding hydrogens is 346 g/mol. The van der Waals surface area contributed by atoms with E-state index in [9.17, 15) is 4.79 Å². The molecule has 1 aliphatic heterocycles. The van der Waals surface area contributed by atoms with Gasteiger partial charge in [-0.25, -0.2) is 4.98 Å². The zero-order valence-corrected chi connectivity index (χ0v) is 14.9. The SMILES string of the molecule is Cc1noc(-c2ccc(C(=O)Nc3ccc(N4CCOCC4)cn3)cc2)n1. The second-order valence-electron chi connectivity index (χ2n) is 6.18. The van der Waals surface area contributed by atoms with Crippen molar-refractivity contribution in [3.8, 4) is 11.5 Å². The number of nitrogens with one attached hydrogen (secondary N) is 1. The van der Waals surface area contributed by atoms with E-state index in [0.29, 0.717) is 23.1 Å². The number of nitrogens with zero attached hydrogens (tertiary/aromatic N) is 4. The Labute approximate surface area is 156 Å². The quantitative estimate of drug-likeness (QED) is 0.759. The first-order valence-corrected chi connectivity index (χ1v) is 8.70. The van der Waals surface area contributed by atoms with Crippen LogP contribution >= 0.6 is 0 Å². The molecule has 1 aliphatic rings. The van der Waals surface area contributed by atoms with E-state index in [1.54, 1.807) is 43.5 Å². The summed E-state index contributed by atoms with van der Waals surface area (Å²) in [5, 5.41) is 6.57. The Hall–Kier alpha value is -3.26. The number of carbonyl (C=O) groups excluding carboxylic acids is 1. The van der Waals surface area contributed by atoms with Gasteiger partial charge in [-0.2, -0.15) is 4.98 Å². The third kappa shape index (κ3) is 3.95. The molecule has 0 spiro atoms. The standard InChI is InChI=1S/C19H19N5O3/c1-13-21-19(27-23-13)15-4-2-14(3-5-15)18(25)22-17-7-6-16(12-20-17)24-8-10-26-11-9-24/h2-7,12H,8-11H2,1H3,(H,20,22,25). The average Bonchev–Trinajstić information content (AvgIpc) is 3.16. The van der Waals surface area contributed by atoms with Gasteiger partial charge < -0.3 is 19.5 Å². The van der Waals surface area contributed by atoms with Crippen molar-refractivity contribution in [1.82, 2.24) is 15.1 Å². The first-order chi connectivity index (χ1) is 13.2. The van der Waals surface area contributed by atoms with Gasteiger partial charge in [0.25, 0.3) is 11.8 Å². The Balaban J connectivity index is 1.41. The summed E-state index contributed by atoms with van der Waals surface area (Å²) < 4.78 is 10.5. The Morgan fingerprint density at radius 1 is 1.11 bits per heavy atom. The molecule has 1 amide bonds. The van der Waals surface area contributed by atoms with Gasteiger partial charge in [0, 0.05) is 24.2 Å². The highest BCUT2D eigenvalue weighted by Crippen LogP contribution is 2.19. The summed E-state index contributed by atoms with van der Waals surface area (Å²) in [4.78, 5) is 23.1. The number of benzene rings is 1. The molecular formula is C19H19N5O3. The highest BCUT2D eigenvalue weighted by molar-refractivity contribution is 6.04. The Morgan fingerprint density at radius 2 is 1.89 bits per heavy atom. The van der Waals surface area contributed by atoms with E-state index in [-0.39, 0.29) is 5.91 Å². The molecule has 1 N–H and O–H groups in total. The molecule has 0 radical (unpaired) electrons. The van der Waals surface area contributed by atoms with E-state index in [2.05, 4.69) is 25.3 Å². The van der Waals surface area contributed by atoms with Crippen LogP contribution in [-0.4, -0.2) is 47.3 Å². The maximum atomic E-state index is 12.4. The lowest BCUT2D eigenvalue weighted by atomic mass is 10.1. The van der Waals surface area contributed by atoms with E-state index in [4.69, 9.17) is 9.26 Å². The van der Waals surface area contributed by atoms with E-state index >= 15 is 0 Å². The maximum absolute atomic E-state index is 12.4. The second kappa shape index (κ2) is 7.55. The van der Waals surface area contributed by atoms with Crippen molar-refractivity contribution in [2.45, 2.75) is 6.92 Å². The second-order valence-corrected chi connectivity index (χ2v) is 6.18. The molecule has 1 fully saturated rings. The maximum Gasteiger partial charge on any atom is 0.257 e. The van der Waals surface area contributed by atoms with Crippen molar-refractivity contribution in [1.29, 1.82) is 0 Å². The average molecular weight is 365 g/mol. The van der Waals surface area contributed by atoms with Crippen molar-refractivity contribution < 1.29 is 14.1 Å². The fraction of sp³-hybridized carbons (Fsp3) is 0.263. The fourth-order valence-corrected chi connectivity index (χ4v) is 2.84. The number of aromatic nitrogens is 3. The Kier molecular flexibility index (Phi) is 4.80. The number of carbonyl (C=O) groups is 1. The number of amides is 1. The van der Waals surface area contributed by atoms with Crippen molar-refractivity contribution >= 4 is 17.4 Å². The van der Waals surface area contributed by atoms with Crippen LogP contribution in [0.2, 0.25) is 0 Å². The van der Waals surface area contributed by atoms with Crippen molar-refractivity contribution in [3.63, 3.8) is 0 Å². The number of hydrogen-bond donors (Lipinski definition) is 1. The van der Waals surface area contributed by atoms with Gasteiger partial charge >= 0.3 is 0 Å². The molecule has 2 aromatic heterocycles. The third-order valence-corrected chi connectivity index (χ3v) is 4.29. The molecule has 0 bridgehead atoms. The largest absolute Gasteiger partial charge is 0.378 e. The van der Waals surface area contributed by atoms with Gasteiger partial charge in [-0.3, -0.25) is 4.79 Å². The molecule has 1 saturated heterocycles. The molecule has 3 aromatic rings. The minimum atomic E-state index is -0.227. The zero-order chi connectivity index (χ0) is 18.6. The van der Waals surface area contributed by atoms with E-state index in [1.165, 1.54) is 0 Å². The summed E-state index contributed by atoms with van der Waals surface area (Å²) in [6.07, 6.45) is 1.77. The number of pyridine rings is 1. The highest BCUT2D eigenvalue weighted by atomic mass is 16.5. The van der Waals surface area contributed by atoms with Crippen molar-refractivity contribution in [2.24, 2.45) is 0 Å². The first-order valence-electron chi connectivity index (χ1n) is 8.70. The molecule has 8 heteroatoms. The Morgan fingerprint density at radius 3 is 2.52 bits per heavy atom. The molecule has 0 saturated carbocycles. The molecule has 4 rings (SSSR count). The van der Waals surface area contributed by atoms with Gasteiger partial charge in [-0.05, 0) is 43.3 Å². The molecule has 0 aliphatic carbocycles. The molecule has 138 valence electrons. The third-order valence-electron chi connectivity index (χ3n) is 4.29. The predicted octanol–water partition coefficient (Wildman–Crippen LogP) is 2.53. The van der Waals surface area contributed by atoms with Gasteiger partial charge in [0.1, 0.15) is 5.82 Å². The van der Waals surface area contributed by atoms with Crippen LogP contribution in [-0.2, 0) is 4.74 Å². The molecule has 3 heterocycles. The summed E-state index contributed by atoms with van der Waals surface area (Å²) in [7, 11) is 0. The van der Waals surface area contributed by atoms with Gasteiger partial charge in [0.05, 0.1) is 25.1 Å². The lowest BCUT2D eigenvalue weighted by Crippen LogP contribution is -2.36. The van der Waals surface area contributed by atoms with Crippen LogP contribution in [0.1, 0.15) is 16.2 Å². The van der Waals surface area contributed by atoms with Crippen molar-refractivity contribution in [3.05, 3.63) is 54.0 Å². The number of ether oxygens (including phenoxy) is 1. The van der Waals surface area contributed by atoms with Crippen molar-refractivity contribution in [2.75, 3.05) is 36.5 Å². The lowest BCUT2D eigenvalue weighted by Gasteiger charge is -2.28. The fourth-order valence-electron chi connectivity index (χ4n) is 2.84. The van der Waals surface area contributed by atoms with Crippen LogP contribution in [0.15, 0.2) is 47.1 Å². The number of anilines is 2. The van der Waals surface area contributed by atoms with Gasteiger partial charge in [0.2, 0.25) is 0 Å². The van der Waals surface area contributed by atoms with Gasteiger partial charge in [0.15, 0.2) is 5.82 Å². The first kappa shape index (κ1) is 17.2. The van der Waals surface area contributed by atoms with Crippen LogP contribution in [0.25, 0.3) is 11.5 Å². The molecule has 0 unspecified atom stereocenters.